The van der Waals surface area contributed by atoms with Crippen LogP contribution >= 0.6 is 24.0 Å². The summed E-state index contributed by atoms with van der Waals surface area (Å²) in [7, 11) is 1.98. The lowest BCUT2D eigenvalue weighted by Crippen LogP contribution is -2.41. The fourth-order valence-electron chi connectivity index (χ4n) is 2.42. The Balaban J connectivity index is 0.00000484. The van der Waals surface area contributed by atoms with Crippen molar-refractivity contribution in [3.05, 3.63) is 17.0 Å². The molecule has 0 radical (unpaired) electrons. The maximum absolute atomic E-state index is 4.69. The maximum Gasteiger partial charge on any atom is 0.191 e. The minimum Gasteiger partial charge on any atom is -0.357 e. The first-order chi connectivity index (χ1) is 10.5. The second kappa shape index (κ2) is 11.7. The third-order valence-electron chi connectivity index (χ3n) is 4.01. The van der Waals surface area contributed by atoms with Gasteiger partial charge < -0.3 is 15.5 Å². The lowest BCUT2D eigenvalue weighted by molar-refractivity contribution is 0.308. The number of hydrogen-bond donors (Lipinski definition) is 2. The van der Waals surface area contributed by atoms with E-state index < -0.39 is 0 Å². The van der Waals surface area contributed by atoms with Gasteiger partial charge in [-0.15, -0.1) is 24.0 Å². The molecule has 1 heterocycles. The van der Waals surface area contributed by atoms with Crippen LogP contribution in [0.2, 0.25) is 0 Å². The van der Waals surface area contributed by atoms with Crippen molar-refractivity contribution in [2.75, 3.05) is 32.7 Å². The summed E-state index contributed by atoms with van der Waals surface area (Å²) in [5.74, 6) is 0.873. The normalized spacial score (nSPS) is 11.5. The van der Waals surface area contributed by atoms with Crippen LogP contribution in [0.4, 0.5) is 0 Å². The summed E-state index contributed by atoms with van der Waals surface area (Å²) in [5, 5.41) is 11.1. The van der Waals surface area contributed by atoms with E-state index in [2.05, 4.69) is 53.3 Å². The number of nitrogens with zero attached hydrogens (tertiary/aromatic N) is 4. The van der Waals surface area contributed by atoms with Crippen molar-refractivity contribution in [2.45, 2.75) is 41.2 Å². The van der Waals surface area contributed by atoms with Crippen LogP contribution in [0, 0.1) is 13.8 Å². The van der Waals surface area contributed by atoms with Gasteiger partial charge in [-0.1, -0.05) is 13.8 Å². The molecule has 7 heteroatoms. The van der Waals surface area contributed by atoms with Crippen LogP contribution in [0.5, 0.6) is 0 Å². The molecule has 0 atom stereocenters. The molecule has 134 valence electrons. The molecule has 0 aliphatic heterocycles. The first-order valence-corrected chi connectivity index (χ1v) is 8.26. The molecule has 0 amide bonds. The highest BCUT2D eigenvalue weighted by molar-refractivity contribution is 14.0. The standard InChI is InChI=1S/C16H32N6.HI/c1-7-17-16(18-10-11-22(8-2)9-3)19-12-15-13(4)20-21(6)14(15)5;/h7-12H2,1-6H3,(H2,17,18,19);1H. The molecule has 0 saturated carbocycles. The summed E-state index contributed by atoms with van der Waals surface area (Å²) in [6.45, 7) is 16.2. The third-order valence-corrected chi connectivity index (χ3v) is 4.01. The van der Waals surface area contributed by atoms with Gasteiger partial charge in [0.05, 0.1) is 12.2 Å². The number of aryl methyl sites for hydroxylation is 2. The molecule has 0 aromatic carbocycles. The zero-order chi connectivity index (χ0) is 16.5. The van der Waals surface area contributed by atoms with Crippen LogP contribution in [-0.2, 0) is 13.6 Å². The molecule has 1 rings (SSSR count). The molecule has 0 saturated heterocycles. The Morgan fingerprint density at radius 2 is 1.83 bits per heavy atom. The summed E-state index contributed by atoms with van der Waals surface area (Å²) in [6, 6.07) is 0. The van der Waals surface area contributed by atoms with E-state index >= 15 is 0 Å². The minimum atomic E-state index is 0. The number of halogens is 1. The van der Waals surface area contributed by atoms with E-state index in [0.717, 1.165) is 44.4 Å². The van der Waals surface area contributed by atoms with E-state index in [-0.39, 0.29) is 24.0 Å². The van der Waals surface area contributed by atoms with Crippen molar-refractivity contribution in [1.82, 2.24) is 25.3 Å². The Labute approximate surface area is 158 Å². The van der Waals surface area contributed by atoms with Crippen LogP contribution in [0.1, 0.15) is 37.7 Å². The SMILES string of the molecule is CCNC(=NCc1c(C)nn(C)c1C)NCCN(CC)CC.I. The zero-order valence-electron chi connectivity index (χ0n) is 15.4. The van der Waals surface area contributed by atoms with Gasteiger partial charge in [0.25, 0.3) is 0 Å². The molecule has 0 fully saturated rings. The highest BCUT2D eigenvalue weighted by Gasteiger charge is 2.09. The zero-order valence-corrected chi connectivity index (χ0v) is 17.8. The average molecular weight is 436 g/mol. The van der Waals surface area contributed by atoms with Crippen LogP contribution in [-0.4, -0.2) is 53.4 Å². The van der Waals surface area contributed by atoms with Crippen molar-refractivity contribution in [3.8, 4) is 0 Å². The summed E-state index contributed by atoms with van der Waals surface area (Å²) in [5.41, 5.74) is 3.45. The number of guanidine groups is 1. The lowest BCUT2D eigenvalue weighted by Gasteiger charge is -2.19. The maximum atomic E-state index is 4.69. The Bertz CT molecular complexity index is 479. The van der Waals surface area contributed by atoms with E-state index in [1.54, 1.807) is 0 Å². The molecule has 0 spiro atoms. The van der Waals surface area contributed by atoms with Gasteiger partial charge in [-0.3, -0.25) is 4.68 Å². The number of aromatic nitrogens is 2. The number of hydrogen-bond acceptors (Lipinski definition) is 3. The van der Waals surface area contributed by atoms with Crippen molar-refractivity contribution < 1.29 is 0 Å². The topological polar surface area (TPSA) is 57.5 Å². The number of aliphatic imine (C=N–C) groups is 1. The van der Waals surface area contributed by atoms with Gasteiger partial charge in [0.1, 0.15) is 0 Å². The van der Waals surface area contributed by atoms with Crippen molar-refractivity contribution in [1.29, 1.82) is 0 Å². The Hall–Kier alpha value is -0.830. The van der Waals surface area contributed by atoms with Crippen LogP contribution in [0.25, 0.3) is 0 Å². The Kier molecular flexibility index (Phi) is 11.2. The highest BCUT2D eigenvalue weighted by Crippen LogP contribution is 2.12. The van der Waals surface area contributed by atoms with Crippen molar-refractivity contribution >= 4 is 29.9 Å². The predicted molar refractivity (Wildman–Crippen MR) is 109 cm³/mol. The van der Waals surface area contributed by atoms with Gasteiger partial charge in [-0.25, -0.2) is 4.99 Å². The first-order valence-electron chi connectivity index (χ1n) is 8.26. The largest absolute Gasteiger partial charge is 0.357 e. The quantitative estimate of drug-likeness (QED) is 0.372. The monoisotopic (exact) mass is 436 g/mol. The van der Waals surface area contributed by atoms with Crippen LogP contribution in [0.15, 0.2) is 4.99 Å². The summed E-state index contributed by atoms with van der Waals surface area (Å²) >= 11 is 0. The van der Waals surface area contributed by atoms with Gasteiger partial charge >= 0.3 is 0 Å². The van der Waals surface area contributed by atoms with E-state index in [1.807, 2.05) is 18.7 Å². The van der Waals surface area contributed by atoms with E-state index in [1.165, 1.54) is 11.3 Å². The smallest absolute Gasteiger partial charge is 0.191 e. The molecule has 6 nitrogen and oxygen atoms in total. The summed E-state index contributed by atoms with van der Waals surface area (Å²) in [6.07, 6.45) is 0. The van der Waals surface area contributed by atoms with E-state index in [4.69, 9.17) is 0 Å². The predicted octanol–water partition coefficient (Wildman–Crippen LogP) is 2.05. The molecule has 0 aliphatic rings. The van der Waals surface area contributed by atoms with Gasteiger partial charge in [0, 0.05) is 37.9 Å². The van der Waals surface area contributed by atoms with Crippen molar-refractivity contribution in [2.24, 2.45) is 12.0 Å². The highest BCUT2D eigenvalue weighted by atomic mass is 127. The van der Waals surface area contributed by atoms with Gasteiger partial charge in [0.15, 0.2) is 5.96 Å². The Morgan fingerprint density at radius 3 is 2.30 bits per heavy atom. The molecule has 1 aromatic heterocycles. The molecule has 23 heavy (non-hydrogen) atoms. The van der Waals surface area contributed by atoms with E-state index in [9.17, 15) is 0 Å². The molecule has 2 N–H and O–H groups in total. The summed E-state index contributed by atoms with van der Waals surface area (Å²) in [4.78, 5) is 7.08. The van der Waals surface area contributed by atoms with Gasteiger partial charge in [0.2, 0.25) is 0 Å². The molecular weight excluding hydrogens is 403 g/mol. The first kappa shape index (κ1) is 22.2. The fourth-order valence-corrected chi connectivity index (χ4v) is 2.42. The van der Waals surface area contributed by atoms with Gasteiger partial charge in [-0.05, 0) is 33.9 Å². The minimum absolute atomic E-state index is 0. The second-order valence-electron chi connectivity index (χ2n) is 5.42. The molecule has 0 bridgehead atoms. The Morgan fingerprint density at radius 1 is 1.17 bits per heavy atom. The van der Waals surface area contributed by atoms with E-state index in [0.29, 0.717) is 6.54 Å². The van der Waals surface area contributed by atoms with Gasteiger partial charge in [-0.2, -0.15) is 5.10 Å². The molecule has 1 aromatic rings. The fraction of sp³-hybridized carbons (Fsp3) is 0.750. The molecular formula is C16H33IN6. The second-order valence-corrected chi connectivity index (χ2v) is 5.42. The van der Waals surface area contributed by atoms with Crippen LogP contribution in [0.3, 0.4) is 0 Å². The average Bonchev–Trinajstić information content (AvgIpc) is 2.74. The number of rotatable bonds is 8. The number of likely N-dealkylation sites (N-methyl/N-ethyl adjacent to an activating group) is 1. The summed E-state index contributed by atoms with van der Waals surface area (Å²) < 4.78 is 1.92. The molecule has 0 unspecified atom stereocenters. The van der Waals surface area contributed by atoms with Crippen LogP contribution < -0.4 is 10.6 Å². The lowest BCUT2D eigenvalue weighted by atomic mass is 10.2. The third kappa shape index (κ3) is 7.07. The molecule has 0 aliphatic carbocycles. The van der Waals surface area contributed by atoms with Crippen molar-refractivity contribution in [3.63, 3.8) is 0 Å². The number of nitrogens with one attached hydrogen (secondary N) is 2.